The van der Waals surface area contributed by atoms with E-state index in [9.17, 15) is 4.79 Å². The van der Waals surface area contributed by atoms with Crippen LogP contribution in [0.15, 0.2) is 70.7 Å². The number of halogens is 1. The molecule has 4 aromatic rings. The zero-order valence-electron chi connectivity index (χ0n) is 16.4. The normalized spacial score (nSPS) is 11.3. The maximum atomic E-state index is 13.3. The summed E-state index contributed by atoms with van der Waals surface area (Å²) in [4.78, 5) is 18.3. The molecule has 0 spiro atoms. The lowest BCUT2D eigenvalue weighted by Crippen LogP contribution is -2.24. The van der Waals surface area contributed by atoms with Crippen LogP contribution in [0.25, 0.3) is 22.2 Å². The van der Waals surface area contributed by atoms with Crippen molar-refractivity contribution in [2.45, 2.75) is 30.8 Å². The highest BCUT2D eigenvalue weighted by molar-refractivity contribution is 7.98. The molecule has 0 fully saturated rings. The van der Waals surface area contributed by atoms with Gasteiger partial charge in [-0.2, -0.15) is 0 Å². The summed E-state index contributed by atoms with van der Waals surface area (Å²) in [6, 6.07) is 17.9. The van der Waals surface area contributed by atoms with Gasteiger partial charge < -0.3 is 4.57 Å². The Morgan fingerprint density at radius 2 is 1.90 bits per heavy atom. The lowest BCUT2D eigenvalue weighted by molar-refractivity contribution is 0.582. The number of benzene rings is 2. The van der Waals surface area contributed by atoms with Gasteiger partial charge in [0.15, 0.2) is 5.16 Å². The van der Waals surface area contributed by atoms with Crippen molar-refractivity contribution in [2.24, 2.45) is 7.05 Å². The third-order valence-electron chi connectivity index (χ3n) is 4.83. The number of hydrogen-bond donors (Lipinski definition) is 0. The predicted octanol–water partition coefficient (Wildman–Crippen LogP) is 5.76. The van der Waals surface area contributed by atoms with Crippen molar-refractivity contribution >= 4 is 34.4 Å². The molecule has 148 valence electrons. The van der Waals surface area contributed by atoms with E-state index in [0.29, 0.717) is 22.8 Å². The molecule has 6 heteroatoms. The third-order valence-corrected chi connectivity index (χ3v) is 6.11. The molecule has 2 heterocycles. The highest BCUT2D eigenvalue weighted by atomic mass is 35.5. The number of rotatable bonds is 6. The van der Waals surface area contributed by atoms with Crippen LogP contribution < -0.4 is 5.56 Å². The number of fused-ring (bicyclic) bond motifs is 1. The zero-order chi connectivity index (χ0) is 20.4. The second kappa shape index (κ2) is 8.47. The van der Waals surface area contributed by atoms with Crippen LogP contribution in [-0.4, -0.2) is 14.1 Å². The molecule has 0 aliphatic heterocycles. The molecule has 0 aliphatic rings. The highest BCUT2D eigenvalue weighted by Crippen LogP contribution is 2.30. The number of aromatic nitrogens is 3. The van der Waals surface area contributed by atoms with E-state index in [1.807, 2.05) is 72.4 Å². The van der Waals surface area contributed by atoms with Crippen LogP contribution in [0.3, 0.4) is 0 Å². The summed E-state index contributed by atoms with van der Waals surface area (Å²) in [5, 5.41) is 1.46. The third kappa shape index (κ3) is 3.98. The van der Waals surface area contributed by atoms with E-state index in [-0.39, 0.29) is 5.56 Å². The minimum Gasteiger partial charge on any atom is -0.344 e. The molecular formula is C23H22ClN3OS. The lowest BCUT2D eigenvalue weighted by Gasteiger charge is -2.12. The maximum absolute atomic E-state index is 13.3. The average molecular weight is 424 g/mol. The fourth-order valence-corrected chi connectivity index (χ4v) is 4.66. The average Bonchev–Trinajstić information content (AvgIpc) is 3.06. The largest absolute Gasteiger partial charge is 0.344 e. The molecule has 0 amide bonds. The minimum absolute atomic E-state index is 0.00938. The summed E-state index contributed by atoms with van der Waals surface area (Å²) in [5.74, 6) is 0.704. The smallest absolute Gasteiger partial charge is 0.278 e. The Balaban J connectivity index is 1.84. The number of hydrogen-bond acceptors (Lipinski definition) is 3. The van der Waals surface area contributed by atoms with Crippen LogP contribution in [0.5, 0.6) is 0 Å². The Morgan fingerprint density at radius 1 is 1.10 bits per heavy atom. The van der Waals surface area contributed by atoms with Crippen LogP contribution in [0, 0.1) is 0 Å². The topological polar surface area (TPSA) is 39.8 Å². The minimum atomic E-state index is 0.00938. The van der Waals surface area contributed by atoms with Gasteiger partial charge in [0.05, 0.1) is 0 Å². The first-order valence-corrected chi connectivity index (χ1v) is 11.0. The molecule has 4 rings (SSSR count). The molecule has 0 atom stereocenters. The van der Waals surface area contributed by atoms with Crippen molar-refractivity contribution in [3.63, 3.8) is 0 Å². The van der Waals surface area contributed by atoms with E-state index < -0.39 is 0 Å². The standard InChI is InChI=1S/C23H22ClN3OS/c1-3-12-27-22(28)21-20(19(14-26(21)2)17-9-5-4-6-10-17)25-23(27)29-15-16-8-7-11-18(24)13-16/h4-11,13-14H,3,12,15H2,1-2H3. The van der Waals surface area contributed by atoms with Crippen LogP contribution in [0.2, 0.25) is 5.02 Å². The molecule has 0 radical (unpaired) electrons. The molecule has 29 heavy (non-hydrogen) atoms. The van der Waals surface area contributed by atoms with Crippen molar-refractivity contribution in [1.82, 2.24) is 14.1 Å². The van der Waals surface area contributed by atoms with E-state index in [0.717, 1.165) is 33.8 Å². The molecule has 0 unspecified atom stereocenters. The Hall–Kier alpha value is -2.50. The van der Waals surface area contributed by atoms with Gasteiger partial charge in [0, 0.05) is 36.1 Å². The maximum Gasteiger partial charge on any atom is 0.278 e. The van der Waals surface area contributed by atoms with Crippen molar-refractivity contribution in [3.05, 3.63) is 81.7 Å². The van der Waals surface area contributed by atoms with Gasteiger partial charge in [0.25, 0.3) is 5.56 Å². The van der Waals surface area contributed by atoms with E-state index in [2.05, 4.69) is 6.92 Å². The Bertz CT molecular complexity index is 1210. The summed E-state index contributed by atoms with van der Waals surface area (Å²) in [7, 11) is 1.91. The first-order valence-electron chi connectivity index (χ1n) is 9.61. The molecule has 0 saturated carbocycles. The van der Waals surface area contributed by atoms with E-state index in [1.54, 1.807) is 16.3 Å². The fraction of sp³-hybridized carbons (Fsp3) is 0.217. The van der Waals surface area contributed by atoms with Gasteiger partial charge in [-0.15, -0.1) is 0 Å². The van der Waals surface area contributed by atoms with Gasteiger partial charge in [-0.05, 0) is 29.7 Å². The van der Waals surface area contributed by atoms with Crippen LogP contribution in [0.4, 0.5) is 0 Å². The molecule has 4 nitrogen and oxygen atoms in total. The number of thioether (sulfide) groups is 1. The molecular weight excluding hydrogens is 402 g/mol. The fourth-order valence-electron chi connectivity index (χ4n) is 3.48. The van der Waals surface area contributed by atoms with Crippen molar-refractivity contribution in [3.8, 4) is 11.1 Å². The van der Waals surface area contributed by atoms with Gasteiger partial charge in [-0.3, -0.25) is 9.36 Å². The molecule has 0 N–H and O–H groups in total. The van der Waals surface area contributed by atoms with Crippen molar-refractivity contribution in [1.29, 1.82) is 0 Å². The summed E-state index contributed by atoms with van der Waals surface area (Å²) in [6.07, 6.45) is 2.86. The number of aryl methyl sites for hydroxylation is 1. The summed E-state index contributed by atoms with van der Waals surface area (Å²) in [5.41, 5.74) is 4.55. The van der Waals surface area contributed by atoms with Gasteiger partial charge in [0.1, 0.15) is 11.0 Å². The Morgan fingerprint density at radius 3 is 2.62 bits per heavy atom. The Labute approximate surface area is 179 Å². The SMILES string of the molecule is CCCn1c(SCc2cccc(Cl)c2)nc2c(-c3ccccc3)cn(C)c2c1=O. The zero-order valence-corrected chi connectivity index (χ0v) is 18.0. The van der Waals surface area contributed by atoms with Gasteiger partial charge in [-0.1, -0.05) is 72.8 Å². The summed E-state index contributed by atoms with van der Waals surface area (Å²) in [6.45, 7) is 2.72. The highest BCUT2D eigenvalue weighted by Gasteiger charge is 2.18. The van der Waals surface area contributed by atoms with E-state index in [4.69, 9.17) is 16.6 Å². The number of nitrogens with zero attached hydrogens (tertiary/aromatic N) is 3. The lowest BCUT2D eigenvalue weighted by atomic mass is 10.1. The second-order valence-corrected chi connectivity index (χ2v) is 8.37. The van der Waals surface area contributed by atoms with Crippen molar-refractivity contribution < 1.29 is 0 Å². The molecule has 2 aromatic carbocycles. The van der Waals surface area contributed by atoms with Crippen LogP contribution >= 0.6 is 23.4 Å². The summed E-state index contributed by atoms with van der Waals surface area (Å²) < 4.78 is 3.69. The van der Waals surface area contributed by atoms with Crippen LogP contribution in [-0.2, 0) is 19.3 Å². The molecule has 0 bridgehead atoms. The molecule has 2 aromatic heterocycles. The summed E-state index contributed by atoms with van der Waals surface area (Å²) >= 11 is 7.69. The first-order chi connectivity index (χ1) is 14.1. The van der Waals surface area contributed by atoms with Gasteiger partial charge in [0.2, 0.25) is 0 Å². The predicted molar refractivity (Wildman–Crippen MR) is 122 cm³/mol. The van der Waals surface area contributed by atoms with Crippen molar-refractivity contribution in [2.75, 3.05) is 0 Å². The quantitative estimate of drug-likeness (QED) is 0.292. The Kier molecular flexibility index (Phi) is 5.79. The van der Waals surface area contributed by atoms with E-state index in [1.165, 1.54) is 0 Å². The monoisotopic (exact) mass is 423 g/mol. The van der Waals surface area contributed by atoms with Gasteiger partial charge in [-0.25, -0.2) is 4.98 Å². The molecule has 0 aliphatic carbocycles. The second-order valence-electron chi connectivity index (χ2n) is 6.99. The van der Waals surface area contributed by atoms with Crippen LogP contribution in [0.1, 0.15) is 18.9 Å². The van der Waals surface area contributed by atoms with E-state index >= 15 is 0 Å². The van der Waals surface area contributed by atoms with Gasteiger partial charge >= 0.3 is 0 Å². The first kappa shape index (κ1) is 19.8. The molecule has 0 saturated heterocycles.